The van der Waals surface area contributed by atoms with Gasteiger partial charge in [-0.05, 0) is 50.3 Å². The van der Waals surface area contributed by atoms with E-state index < -0.39 is 0 Å². The molecule has 1 fully saturated rings. The second-order valence-corrected chi connectivity index (χ2v) is 6.11. The fourth-order valence-electron chi connectivity index (χ4n) is 2.55. The van der Waals surface area contributed by atoms with Crippen LogP contribution < -0.4 is 10.2 Å². The molecular weight excluding hydrogens is 302 g/mol. The number of hydrogen-bond acceptors (Lipinski definition) is 3. The molecule has 1 heterocycles. The Morgan fingerprint density at radius 1 is 1.21 bits per heavy atom. The van der Waals surface area contributed by atoms with Crippen molar-refractivity contribution in [3.8, 4) is 0 Å². The predicted molar refractivity (Wildman–Crippen MR) is 85.8 cm³/mol. The van der Waals surface area contributed by atoms with Crippen molar-refractivity contribution in [2.75, 3.05) is 44.7 Å². The van der Waals surface area contributed by atoms with Gasteiger partial charge in [-0.15, -0.1) is 0 Å². The maximum Gasteiger partial charge on any atom is 0.0413 e. The van der Waals surface area contributed by atoms with Crippen LogP contribution in [-0.4, -0.2) is 44.7 Å². The lowest BCUT2D eigenvalue weighted by Gasteiger charge is -2.26. The predicted octanol–water partition coefficient (Wildman–Crippen LogP) is 2.70. The molecule has 1 aromatic carbocycles. The van der Waals surface area contributed by atoms with Crippen LogP contribution in [0.15, 0.2) is 22.7 Å². The molecule has 1 N–H and O–H groups in total. The second kappa shape index (κ2) is 7.27. The van der Waals surface area contributed by atoms with Crippen molar-refractivity contribution in [3.63, 3.8) is 0 Å². The van der Waals surface area contributed by atoms with Crippen molar-refractivity contribution in [3.05, 3.63) is 28.2 Å². The van der Waals surface area contributed by atoms with E-state index in [-0.39, 0.29) is 0 Å². The van der Waals surface area contributed by atoms with Gasteiger partial charge in [-0.2, -0.15) is 0 Å². The normalized spacial score (nSPS) is 17.5. The van der Waals surface area contributed by atoms with Crippen molar-refractivity contribution in [1.82, 2.24) is 10.2 Å². The number of benzene rings is 1. The third kappa shape index (κ3) is 4.20. The van der Waals surface area contributed by atoms with E-state index in [4.69, 9.17) is 0 Å². The fourth-order valence-corrected chi connectivity index (χ4v) is 2.96. The topological polar surface area (TPSA) is 18.5 Å². The Hall–Kier alpha value is -0.580. The molecule has 0 radical (unpaired) electrons. The molecule has 0 aromatic heterocycles. The van der Waals surface area contributed by atoms with E-state index in [0.717, 1.165) is 37.2 Å². The van der Waals surface area contributed by atoms with Crippen LogP contribution in [-0.2, 0) is 6.54 Å². The van der Waals surface area contributed by atoms with E-state index in [1.165, 1.54) is 24.2 Å². The van der Waals surface area contributed by atoms with Crippen molar-refractivity contribution in [1.29, 1.82) is 0 Å². The van der Waals surface area contributed by atoms with E-state index in [9.17, 15) is 0 Å². The Balaban J connectivity index is 2.17. The summed E-state index contributed by atoms with van der Waals surface area (Å²) in [7, 11) is 2.21. The van der Waals surface area contributed by atoms with Gasteiger partial charge < -0.3 is 15.1 Å². The van der Waals surface area contributed by atoms with Crippen LogP contribution in [0.2, 0.25) is 0 Å². The summed E-state index contributed by atoms with van der Waals surface area (Å²) in [6.07, 6.45) is 1.24. The van der Waals surface area contributed by atoms with Gasteiger partial charge in [0.15, 0.2) is 0 Å². The highest BCUT2D eigenvalue weighted by molar-refractivity contribution is 9.10. The van der Waals surface area contributed by atoms with Crippen molar-refractivity contribution in [2.45, 2.75) is 19.9 Å². The zero-order chi connectivity index (χ0) is 13.7. The van der Waals surface area contributed by atoms with Crippen LogP contribution in [0.1, 0.15) is 18.9 Å². The number of anilines is 1. The van der Waals surface area contributed by atoms with E-state index in [0.29, 0.717) is 0 Å². The van der Waals surface area contributed by atoms with E-state index in [2.05, 4.69) is 63.2 Å². The van der Waals surface area contributed by atoms with Gasteiger partial charge in [0.25, 0.3) is 0 Å². The standard InChI is InChI=1S/C15H24BrN3/c1-3-17-12-13-11-14(16)5-6-15(13)19-8-4-7-18(2)9-10-19/h5-6,11,17H,3-4,7-10,12H2,1-2H3. The Morgan fingerprint density at radius 2 is 2.05 bits per heavy atom. The average Bonchev–Trinajstić information content (AvgIpc) is 2.61. The zero-order valence-electron chi connectivity index (χ0n) is 12.0. The van der Waals surface area contributed by atoms with Crippen LogP contribution >= 0.6 is 15.9 Å². The molecule has 1 saturated heterocycles. The largest absolute Gasteiger partial charge is 0.370 e. The third-order valence-corrected chi connectivity index (χ3v) is 4.16. The number of rotatable bonds is 4. The van der Waals surface area contributed by atoms with E-state index >= 15 is 0 Å². The highest BCUT2D eigenvalue weighted by Gasteiger charge is 2.15. The molecule has 0 unspecified atom stereocenters. The van der Waals surface area contributed by atoms with Gasteiger partial charge in [-0.1, -0.05) is 22.9 Å². The number of likely N-dealkylation sites (N-methyl/N-ethyl adjacent to an activating group) is 1. The lowest BCUT2D eigenvalue weighted by Crippen LogP contribution is -2.30. The van der Waals surface area contributed by atoms with Crippen LogP contribution in [0.25, 0.3) is 0 Å². The first kappa shape index (κ1) is 14.8. The van der Waals surface area contributed by atoms with Crippen LogP contribution in [0.5, 0.6) is 0 Å². The van der Waals surface area contributed by atoms with Crippen LogP contribution in [0.4, 0.5) is 5.69 Å². The lowest BCUT2D eigenvalue weighted by molar-refractivity contribution is 0.360. The van der Waals surface area contributed by atoms with Gasteiger partial charge in [-0.3, -0.25) is 0 Å². The molecule has 0 spiro atoms. The Kier molecular flexibility index (Phi) is 5.67. The summed E-state index contributed by atoms with van der Waals surface area (Å²) < 4.78 is 1.16. The molecule has 0 amide bonds. The maximum absolute atomic E-state index is 3.58. The van der Waals surface area contributed by atoms with Crippen molar-refractivity contribution >= 4 is 21.6 Å². The molecule has 2 rings (SSSR count). The first-order chi connectivity index (χ1) is 9.20. The Labute approximate surface area is 125 Å². The first-order valence-corrected chi connectivity index (χ1v) is 7.92. The summed E-state index contributed by atoms with van der Waals surface area (Å²) in [5.74, 6) is 0. The van der Waals surface area contributed by atoms with Gasteiger partial charge >= 0.3 is 0 Å². The van der Waals surface area contributed by atoms with Gasteiger partial charge in [0, 0.05) is 36.3 Å². The second-order valence-electron chi connectivity index (χ2n) is 5.20. The average molecular weight is 326 g/mol. The molecule has 0 saturated carbocycles. The molecule has 19 heavy (non-hydrogen) atoms. The molecule has 1 aliphatic rings. The third-order valence-electron chi connectivity index (χ3n) is 3.67. The highest BCUT2D eigenvalue weighted by atomic mass is 79.9. The minimum atomic E-state index is 0.942. The van der Waals surface area contributed by atoms with Crippen molar-refractivity contribution < 1.29 is 0 Å². The number of hydrogen-bond donors (Lipinski definition) is 1. The summed E-state index contributed by atoms with van der Waals surface area (Å²) in [6, 6.07) is 6.65. The smallest absolute Gasteiger partial charge is 0.0413 e. The quantitative estimate of drug-likeness (QED) is 0.918. The summed E-state index contributed by atoms with van der Waals surface area (Å²) in [6.45, 7) is 8.74. The molecular formula is C15H24BrN3. The van der Waals surface area contributed by atoms with Crippen LogP contribution in [0, 0.1) is 0 Å². The molecule has 1 aliphatic heterocycles. The summed E-state index contributed by atoms with van der Waals surface area (Å²) in [4.78, 5) is 4.95. The fraction of sp³-hybridized carbons (Fsp3) is 0.600. The summed E-state index contributed by atoms with van der Waals surface area (Å²) in [5.41, 5.74) is 2.78. The van der Waals surface area contributed by atoms with E-state index in [1.807, 2.05) is 0 Å². The van der Waals surface area contributed by atoms with Crippen LogP contribution in [0.3, 0.4) is 0 Å². The molecule has 0 aliphatic carbocycles. The molecule has 106 valence electrons. The first-order valence-electron chi connectivity index (χ1n) is 7.13. The molecule has 3 nitrogen and oxygen atoms in total. The highest BCUT2D eigenvalue weighted by Crippen LogP contribution is 2.25. The number of halogens is 1. The zero-order valence-corrected chi connectivity index (χ0v) is 13.5. The maximum atomic E-state index is 3.58. The Morgan fingerprint density at radius 3 is 2.84 bits per heavy atom. The SMILES string of the molecule is CCNCc1cc(Br)ccc1N1CCCN(C)CC1. The molecule has 0 bridgehead atoms. The Bertz CT molecular complexity index is 408. The molecule has 1 aromatic rings. The number of nitrogens with one attached hydrogen (secondary N) is 1. The van der Waals surface area contributed by atoms with Crippen molar-refractivity contribution in [2.24, 2.45) is 0 Å². The summed E-state index contributed by atoms with van der Waals surface area (Å²) in [5, 5.41) is 3.44. The van der Waals surface area contributed by atoms with Gasteiger partial charge in [0.2, 0.25) is 0 Å². The van der Waals surface area contributed by atoms with Gasteiger partial charge in [-0.25, -0.2) is 0 Å². The lowest BCUT2D eigenvalue weighted by atomic mass is 10.1. The monoisotopic (exact) mass is 325 g/mol. The molecule has 0 atom stereocenters. The van der Waals surface area contributed by atoms with Gasteiger partial charge in [0.05, 0.1) is 0 Å². The van der Waals surface area contributed by atoms with Gasteiger partial charge in [0.1, 0.15) is 0 Å². The summed E-state index contributed by atoms with van der Waals surface area (Å²) >= 11 is 3.58. The molecule has 4 heteroatoms. The minimum Gasteiger partial charge on any atom is -0.370 e. The number of nitrogens with zero attached hydrogens (tertiary/aromatic N) is 2. The minimum absolute atomic E-state index is 0.942. The van der Waals surface area contributed by atoms with E-state index in [1.54, 1.807) is 0 Å².